The number of benzene rings is 2. The Morgan fingerprint density at radius 1 is 1.12 bits per heavy atom. The van der Waals surface area contributed by atoms with Gasteiger partial charge in [-0.15, -0.1) is 6.58 Å². The number of hydrogen-bond donors (Lipinski definition) is 0. The van der Waals surface area contributed by atoms with E-state index < -0.39 is 38.0 Å². The second-order valence-electron chi connectivity index (χ2n) is 9.39. The topological polar surface area (TPSA) is 80.8 Å². The van der Waals surface area contributed by atoms with Crippen LogP contribution in [0.2, 0.25) is 0 Å². The highest BCUT2D eigenvalue weighted by molar-refractivity contribution is 7.93. The SMILES string of the molecule is C=CC[C@]1(S(=O)(=O)Cc2ccccc2)C(=O)N(C)c2ccccc2[C@H]1CC(=O)OC(C)(C)C. The van der Waals surface area contributed by atoms with Crippen LogP contribution in [0.4, 0.5) is 5.69 Å². The Labute approximate surface area is 196 Å². The number of rotatable bonds is 7. The molecule has 0 N–H and O–H groups in total. The van der Waals surface area contributed by atoms with Crippen molar-refractivity contribution >= 4 is 27.4 Å². The monoisotopic (exact) mass is 469 g/mol. The number of esters is 1. The molecule has 1 heterocycles. The van der Waals surface area contributed by atoms with Crippen molar-refractivity contribution in [3.05, 3.63) is 78.4 Å². The minimum Gasteiger partial charge on any atom is -0.460 e. The van der Waals surface area contributed by atoms with E-state index in [0.717, 1.165) is 0 Å². The van der Waals surface area contributed by atoms with Gasteiger partial charge in [-0.25, -0.2) is 8.42 Å². The van der Waals surface area contributed by atoms with E-state index in [0.29, 0.717) is 16.8 Å². The summed E-state index contributed by atoms with van der Waals surface area (Å²) in [6, 6.07) is 15.9. The molecule has 3 rings (SSSR count). The van der Waals surface area contributed by atoms with Gasteiger partial charge < -0.3 is 9.64 Å². The smallest absolute Gasteiger partial charge is 0.306 e. The number of anilines is 1. The zero-order valence-electron chi connectivity index (χ0n) is 19.6. The van der Waals surface area contributed by atoms with Crippen LogP contribution < -0.4 is 4.90 Å². The molecular weight excluding hydrogens is 438 g/mol. The van der Waals surface area contributed by atoms with Gasteiger partial charge in [0.1, 0.15) is 5.60 Å². The van der Waals surface area contributed by atoms with Gasteiger partial charge in [0.15, 0.2) is 14.6 Å². The van der Waals surface area contributed by atoms with Crippen LogP contribution in [-0.4, -0.2) is 37.7 Å². The van der Waals surface area contributed by atoms with Gasteiger partial charge in [0.05, 0.1) is 12.2 Å². The quantitative estimate of drug-likeness (QED) is 0.443. The van der Waals surface area contributed by atoms with Crippen molar-refractivity contribution in [1.82, 2.24) is 0 Å². The van der Waals surface area contributed by atoms with Crippen molar-refractivity contribution in [2.45, 2.75) is 55.6 Å². The Morgan fingerprint density at radius 2 is 1.73 bits per heavy atom. The Kier molecular flexibility index (Phi) is 6.84. The van der Waals surface area contributed by atoms with Crippen molar-refractivity contribution < 1.29 is 22.7 Å². The molecule has 33 heavy (non-hydrogen) atoms. The molecule has 0 aromatic heterocycles. The van der Waals surface area contributed by atoms with E-state index in [4.69, 9.17) is 4.74 Å². The summed E-state index contributed by atoms with van der Waals surface area (Å²) in [4.78, 5) is 28.2. The third-order valence-electron chi connectivity index (χ3n) is 5.90. The molecule has 0 radical (unpaired) electrons. The van der Waals surface area contributed by atoms with E-state index in [-0.39, 0.29) is 18.6 Å². The third kappa shape index (κ3) is 4.74. The maximum Gasteiger partial charge on any atom is 0.306 e. The number of fused-ring (bicyclic) bond motifs is 1. The molecule has 0 spiro atoms. The molecule has 0 aliphatic carbocycles. The van der Waals surface area contributed by atoms with Crippen molar-refractivity contribution in [2.24, 2.45) is 0 Å². The van der Waals surface area contributed by atoms with E-state index in [1.165, 1.54) is 11.0 Å². The molecule has 2 atom stereocenters. The molecule has 0 saturated heterocycles. The molecular formula is C26H31NO5S. The number of allylic oxidation sites excluding steroid dienone is 1. The highest BCUT2D eigenvalue weighted by Crippen LogP contribution is 2.50. The first-order chi connectivity index (χ1) is 15.4. The van der Waals surface area contributed by atoms with Gasteiger partial charge in [0.2, 0.25) is 5.91 Å². The summed E-state index contributed by atoms with van der Waals surface area (Å²) in [7, 11) is -2.52. The second-order valence-corrected chi connectivity index (χ2v) is 11.6. The molecule has 2 aromatic carbocycles. The highest BCUT2D eigenvalue weighted by Gasteiger charge is 2.60. The summed E-state index contributed by atoms with van der Waals surface area (Å²) in [6.07, 6.45) is 1.09. The molecule has 1 aliphatic heterocycles. The molecule has 0 bridgehead atoms. The second kappa shape index (κ2) is 9.14. The summed E-state index contributed by atoms with van der Waals surface area (Å²) in [5, 5.41) is 0. The summed E-state index contributed by atoms with van der Waals surface area (Å²) in [5.74, 6) is -2.36. The minimum atomic E-state index is -4.09. The fraction of sp³-hybridized carbons (Fsp3) is 0.385. The number of carbonyl (C=O) groups is 2. The minimum absolute atomic E-state index is 0.118. The molecule has 176 valence electrons. The van der Waals surface area contributed by atoms with Crippen LogP contribution >= 0.6 is 0 Å². The predicted octanol–water partition coefficient (Wildman–Crippen LogP) is 4.41. The number of carbonyl (C=O) groups excluding carboxylic acids is 2. The van der Waals surface area contributed by atoms with Crippen molar-refractivity contribution in [1.29, 1.82) is 0 Å². The summed E-state index contributed by atoms with van der Waals surface area (Å²) in [6.45, 7) is 9.01. The van der Waals surface area contributed by atoms with Gasteiger partial charge in [-0.1, -0.05) is 54.6 Å². The normalized spacial score (nSPS) is 20.8. The first-order valence-electron chi connectivity index (χ1n) is 10.9. The summed E-state index contributed by atoms with van der Waals surface area (Å²) < 4.78 is 31.8. The summed E-state index contributed by atoms with van der Waals surface area (Å²) >= 11 is 0. The van der Waals surface area contributed by atoms with E-state index in [1.807, 2.05) is 0 Å². The van der Waals surface area contributed by atoms with Crippen LogP contribution in [0.5, 0.6) is 0 Å². The average molecular weight is 470 g/mol. The maximum atomic E-state index is 14.1. The number of hydrogen-bond acceptors (Lipinski definition) is 5. The molecule has 2 aromatic rings. The van der Waals surface area contributed by atoms with Gasteiger partial charge in [0.25, 0.3) is 0 Å². The van der Waals surface area contributed by atoms with Crippen LogP contribution in [0.1, 0.15) is 50.7 Å². The zero-order chi connectivity index (χ0) is 24.4. The Bertz CT molecular complexity index is 1150. The van der Waals surface area contributed by atoms with Gasteiger partial charge in [-0.3, -0.25) is 9.59 Å². The van der Waals surface area contributed by atoms with Crippen LogP contribution in [0, 0.1) is 0 Å². The molecule has 1 amide bonds. The molecule has 6 nitrogen and oxygen atoms in total. The van der Waals surface area contributed by atoms with Crippen LogP contribution in [0.25, 0.3) is 0 Å². The highest BCUT2D eigenvalue weighted by atomic mass is 32.2. The van der Waals surface area contributed by atoms with Gasteiger partial charge in [0, 0.05) is 18.7 Å². The molecule has 1 aliphatic rings. The molecule has 0 saturated carbocycles. The number of sulfone groups is 1. The van der Waals surface area contributed by atoms with Gasteiger partial charge in [-0.05, 0) is 44.4 Å². The van der Waals surface area contributed by atoms with Crippen LogP contribution in [0.3, 0.4) is 0 Å². The predicted molar refractivity (Wildman–Crippen MR) is 130 cm³/mol. The number of nitrogens with zero attached hydrogens (tertiary/aromatic N) is 1. The van der Waals surface area contributed by atoms with E-state index in [9.17, 15) is 18.0 Å². The van der Waals surface area contributed by atoms with E-state index in [1.54, 1.807) is 82.4 Å². The standard InChI is InChI=1S/C26H31NO5S/c1-6-16-26(33(30,31)18-19-12-8-7-9-13-19)21(17-23(28)32-25(2,3)4)20-14-10-11-15-22(20)27(5)24(26)29/h6-15,21H,1,16-18H2,2-5H3/t21-,26-/m1/s1. The lowest BCUT2D eigenvalue weighted by atomic mass is 9.76. The van der Waals surface area contributed by atoms with Gasteiger partial charge in [-0.2, -0.15) is 0 Å². The lowest BCUT2D eigenvalue weighted by molar-refractivity contribution is -0.155. The Balaban J connectivity index is 2.22. The fourth-order valence-electron chi connectivity index (χ4n) is 4.55. The number of amides is 1. The maximum absolute atomic E-state index is 14.1. The number of para-hydroxylation sites is 1. The summed E-state index contributed by atoms with van der Waals surface area (Å²) in [5.41, 5.74) is 1.05. The fourth-order valence-corrected chi connectivity index (χ4v) is 6.86. The lowest BCUT2D eigenvalue weighted by Gasteiger charge is -2.45. The van der Waals surface area contributed by atoms with E-state index in [2.05, 4.69) is 6.58 Å². The Hall–Kier alpha value is -2.93. The first kappa shape index (κ1) is 24.7. The van der Waals surface area contributed by atoms with Crippen molar-refractivity contribution in [2.75, 3.05) is 11.9 Å². The number of ether oxygens (including phenoxy) is 1. The Morgan fingerprint density at radius 3 is 2.33 bits per heavy atom. The largest absolute Gasteiger partial charge is 0.460 e. The average Bonchev–Trinajstić information content (AvgIpc) is 2.73. The molecule has 0 unspecified atom stereocenters. The molecule has 7 heteroatoms. The first-order valence-corrected chi connectivity index (χ1v) is 12.5. The van der Waals surface area contributed by atoms with Crippen molar-refractivity contribution in [3.63, 3.8) is 0 Å². The zero-order valence-corrected chi connectivity index (χ0v) is 20.4. The van der Waals surface area contributed by atoms with Crippen molar-refractivity contribution in [3.8, 4) is 0 Å². The van der Waals surface area contributed by atoms with Crippen LogP contribution in [0.15, 0.2) is 67.3 Å². The third-order valence-corrected chi connectivity index (χ3v) is 8.35. The van der Waals surface area contributed by atoms with Gasteiger partial charge >= 0.3 is 5.97 Å². The molecule has 0 fully saturated rings. The van der Waals surface area contributed by atoms with Crippen LogP contribution in [-0.2, 0) is 29.9 Å². The lowest BCUT2D eigenvalue weighted by Crippen LogP contribution is -2.60. The van der Waals surface area contributed by atoms with E-state index >= 15 is 0 Å².